The van der Waals surface area contributed by atoms with Crippen molar-refractivity contribution < 1.29 is 4.79 Å². The van der Waals surface area contributed by atoms with Crippen molar-refractivity contribution >= 4 is 21.8 Å². The minimum Gasteiger partial charge on any atom is -0.344 e. The average Bonchev–Trinajstić information content (AvgIpc) is 3.16. The molecule has 1 aliphatic rings. The van der Waals surface area contributed by atoms with E-state index in [0.717, 1.165) is 36.0 Å². The van der Waals surface area contributed by atoms with Gasteiger partial charge in [0.25, 0.3) is 0 Å². The summed E-state index contributed by atoms with van der Waals surface area (Å²) in [6, 6.07) is 8.12. The lowest BCUT2D eigenvalue weighted by atomic mass is 9.94. The fourth-order valence-electron chi connectivity index (χ4n) is 2.28. The summed E-state index contributed by atoms with van der Waals surface area (Å²) in [6.45, 7) is 1.59. The maximum Gasteiger partial charge on any atom is 0.233 e. The van der Waals surface area contributed by atoms with E-state index in [1.807, 2.05) is 31.1 Å². The lowest BCUT2D eigenvalue weighted by molar-refractivity contribution is -0.132. The van der Waals surface area contributed by atoms with E-state index in [0.29, 0.717) is 0 Å². The summed E-state index contributed by atoms with van der Waals surface area (Å²) in [7, 11) is 3.79. The van der Waals surface area contributed by atoms with Gasteiger partial charge in [0.2, 0.25) is 5.91 Å². The molecule has 1 aromatic rings. The third-order valence-electron chi connectivity index (χ3n) is 3.58. The fourth-order valence-corrected chi connectivity index (χ4v) is 2.68. The molecule has 0 heterocycles. The van der Waals surface area contributed by atoms with E-state index in [1.54, 1.807) is 0 Å². The Morgan fingerprint density at radius 1 is 1.50 bits per heavy atom. The first-order valence-electron chi connectivity index (χ1n) is 6.26. The molecular formula is C14H19BrN2O. The molecule has 0 spiro atoms. The van der Waals surface area contributed by atoms with E-state index in [2.05, 4.69) is 33.4 Å². The Balaban J connectivity index is 2.14. The van der Waals surface area contributed by atoms with E-state index < -0.39 is 0 Å². The van der Waals surface area contributed by atoms with Crippen molar-refractivity contribution in [2.45, 2.75) is 18.3 Å². The molecule has 1 fully saturated rings. The van der Waals surface area contributed by atoms with Gasteiger partial charge in [0.1, 0.15) is 0 Å². The van der Waals surface area contributed by atoms with Gasteiger partial charge in [-0.3, -0.25) is 4.79 Å². The molecule has 0 atom stereocenters. The molecule has 0 bridgehead atoms. The largest absolute Gasteiger partial charge is 0.344 e. The van der Waals surface area contributed by atoms with Crippen molar-refractivity contribution in [1.82, 2.24) is 10.2 Å². The predicted octanol–water partition coefficient (Wildman–Crippen LogP) is 2.16. The summed E-state index contributed by atoms with van der Waals surface area (Å²) < 4.78 is 1.04. The number of amides is 1. The van der Waals surface area contributed by atoms with E-state index in [-0.39, 0.29) is 11.3 Å². The van der Waals surface area contributed by atoms with E-state index in [9.17, 15) is 4.79 Å². The van der Waals surface area contributed by atoms with Crippen molar-refractivity contribution in [3.63, 3.8) is 0 Å². The van der Waals surface area contributed by atoms with Gasteiger partial charge < -0.3 is 10.2 Å². The second kappa shape index (κ2) is 5.41. The highest BCUT2D eigenvalue weighted by Gasteiger charge is 2.52. The van der Waals surface area contributed by atoms with Crippen LogP contribution in [0.5, 0.6) is 0 Å². The maximum atomic E-state index is 12.5. The number of carbonyl (C=O) groups excluding carboxylic acids is 1. The van der Waals surface area contributed by atoms with Gasteiger partial charge in [-0.1, -0.05) is 28.1 Å². The second-order valence-corrected chi connectivity index (χ2v) is 5.84. The summed E-state index contributed by atoms with van der Waals surface area (Å²) >= 11 is 3.48. The molecule has 0 aromatic heterocycles. The lowest BCUT2D eigenvalue weighted by Gasteiger charge is -2.24. The van der Waals surface area contributed by atoms with Crippen LogP contribution in [0.3, 0.4) is 0 Å². The van der Waals surface area contributed by atoms with Crippen LogP contribution in [0.2, 0.25) is 0 Å². The Morgan fingerprint density at radius 2 is 2.22 bits per heavy atom. The van der Waals surface area contributed by atoms with Crippen LogP contribution < -0.4 is 5.32 Å². The van der Waals surface area contributed by atoms with E-state index in [4.69, 9.17) is 0 Å². The van der Waals surface area contributed by atoms with E-state index in [1.165, 1.54) is 0 Å². The third-order valence-corrected chi connectivity index (χ3v) is 4.07. The topological polar surface area (TPSA) is 32.3 Å². The molecule has 1 aromatic carbocycles. The van der Waals surface area contributed by atoms with Gasteiger partial charge in [-0.25, -0.2) is 0 Å². The molecule has 3 nitrogen and oxygen atoms in total. The summed E-state index contributed by atoms with van der Waals surface area (Å²) in [4.78, 5) is 14.4. The SMILES string of the molecule is CNCCN(C)C(=O)C1(c2cccc(Br)c2)CC1. The molecule has 4 heteroatoms. The van der Waals surface area contributed by atoms with Crippen molar-refractivity contribution in [2.75, 3.05) is 27.2 Å². The highest BCUT2D eigenvalue weighted by Crippen LogP contribution is 2.49. The number of halogens is 1. The fraction of sp³-hybridized carbons (Fsp3) is 0.500. The van der Waals surface area contributed by atoms with Crippen LogP contribution >= 0.6 is 15.9 Å². The van der Waals surface area contributed by atoms with Crippen LogP contribution in [0.25, 0.3) is 0 Å². The highest BCUT2D eigenvalue weighted by atomic mass is 79.9. The first kappa shape index (κ1) is 13.6. The van der Waals surface area contributed by atoms with Crippen LogP contribution in [0.15, 0.2) is 28.7 Å². The molecule has 1 aliphatic carbocycles. The molecule has 0 radical (unpaired) electrons. The number of likely N-dealkylation sites (N-methyl/N-ethyl adjacent to an activating group) is 2. The minimum absolute atomic E-state index is 0.246. The quantitative estimate of drug-likeness (QED) is 0.904. The summed E-state index contributed by atoms with van der Waals surface area (Å²) in [5.74, 6) is 0.246. The van der Waals surface area contributed by atoms with Crippen molar-refractivity contribution in [3.8, 4) is 0 Å². The van der Waals surface area contributed by atoms with Crippen LogP contribution in [0.4, 0.5) is 0 Å². The van der Waals surface area contributed by atoms with Gasteiger partial charge in [0.15, 0.2) is 0 Å². The van der Waals surface area contributed by atoms with Gasteiger partial charge in [-0.15, -0.1) is 0 Å². The number of nitrogens with zero attached hydrogens (tertiary/aromatic N) is 1. The molecule has 0 unspecified atom stereocenters. The number of hydrogen-bond acceptors (Lipinski definition) is 2. The number of carbonyl (C=O) groups is 1. The molecule has 1 N–H and O–H groups in total. The van der Waals surface area contributed by atoms with Crippen LogP contribution in [-0.4, -0.2) is 38.0 Å². The average molecular weight is 311 g/mol. The Bertz CT molecular complexity index is 443. The van der Waals surface area contributed by atoms with Crippen LogP contribution in [0, 0.1) is 0 Å². The Morgan fingerprint density at radius 3 is 2.78 bits per heavy atom. The first-order valence-corrected chi connectivity index (χ1v) is 7.06. The highest BCUT2D eigenvalue weighted by molar-refractivity contribution is 9.10. The number of nitrogens with one attached hydrogen (secondary N) is 1. The summed E-state index contributed by atoms with van der Waals surface area (Å²) in [5.41, 5.74) is 0.880. The smallest absolute Gasteiger partial charge is 0.233 e. The normalized spacial score (nSPS) is 16.4. The minimum atomic E-state index is -0.258. The summed E-state index contributed by atoms with van der Waals surface area (Å²) in [6.07, 6.45) is 1.93. The summed E-state index contributed by atoms with van der Waals surface area (Å²) in [5, 5.41) is 3.07. The molecule has 2 rings (SSSR count). The maximum absolute atomic E-state index is 12.5. The van der Waals surface area contributed by atoms with Crippen LogP contribution in [-0.2, 0) is 10.2 Å². The zero-order valence-corrected chi connectivity index (χ0v) is 12.5. The molecule has 1 saturated carbocycles. The monoisotopic (exact) mass is 310 g/mol. The molecule has 0 saturated heterocycles. The lowest BCUT2D eigenvalue weighted by Crippen LogP contribution is -2.39. The van der Waals surface area contributed by atoms with E-state index >= 15 is 0 Å². The van der Waals surface area contributed by atoms with Crippen LogP contribution in [0.1, 0.15) is 18.4 Å². The molecule has 1 amide bonds. The zero-order valence-electron chi connectivity index (χ0n) is 10.9. The number of rotatable bonds is 5. The molecule has 98 valence electrons. The standard InChI is InChI=1S/C14H19BrN2O/c1-16-8-9-17(2)13(18)14(6-7-14)11-4-3-5-12(15)10-11/h3-5,10,16H,6-9H2,1-2H3. The first-order chi connectivity index (χ1) is 8.60. The molecule has 0 aliphatic heterocycles. The second-order valence-electron chi connectivity index (χ2n) is 4.92. The molecular weight excluding hydrogens is 292 g/mol. The van der Waals surface area contributed by atoms with Gasteiger partial charge in [0.05, 0.1) is 5.41 Å². The Hall–Kier alpha value is -0.870. The Kier molecular flexibility index (Phi) is 4.07. The predicted molar refractivity (Wildman–Crippen MR) is 76.6 cm³/mol. The van der Waals surface area contributed by atoms with Crippen molar-refractivity contribution in [1.29, 1.82) is 0 Å². The van der Waals surface area contributed by atoms with Crippen molar-refractivity contribution in [3.05, 3.63) is 34.3 Å². The zero-order chi connectivity index (χ0) is 13.2. The third kappa shape index (κ3) is 2.59. The van der Waals surface area contributed by atoms with Gasteiger partial charge >= 0.3 is 0 Å². The van der Waals surface area contributed by atoms with Gasteiger partial charge in [-0.05, 0) is 37.6 Å². The Labute approximate surface area is 117 Å². The van der Waals surface area contributed by atoms with Gasteiger partial charge in [-0.2, -0.15) is 0 Å². The number of hydrogen-bond donors (Lipinski definition) is 1. The van der Waals surface area contributed by atoms with Gasteiger partial charge in [0, 0.05) is 24.6 Å². The molecule has 18 heavy (non-hydrogen) atoms. The number of benzene rings is 1. The van der Waals surface area contributed by atoms with Crippen molar-refractivity contribution in [2.24, 2.45) is 0 Å².